The Labute approximate surface area is 164 Å². The molecule has 0 bridgehead atoms. The van der Waals surface area contributed by atoms with Crippen LogP contribution in [0.2, 0.25) is 0 Å². The third-order valence-corrected chi connectivity index (χ3v) is 4.08. The molecule has 0 spiro atoms. The zero-order valence-corrected chi connectivity index (χ0v) is 18.0. The van der Waals surface area contributed by atoms with Crippen LogP contribution >= 0.6 is 0 Å². The topological polar surface area (TPSA) is 69.2 Å². The summed E-state index contributed by atoms with van der Waals surface area (Å²) in [7, 11) is 0. The number of unbranched alkanes of at least 4 members (excludes halogenated alkanes) is 6. The molecule has 0 aliphatic rings. The average molecular weight is 335 g/mol. The first-order valence-electron chi connectivity index (χ1n) is 8.71. The molecular formula is C18H34NNaO3. The van der Waals surface area contributed by atoms with Crippen LogP contribution in [0.4, 0.5) is 0 Å². The van der Waals surface area contributed by atoms with E-state index in [4.69, 9.17) is 0 Å². The number of carbonyl (C=O) groups excluding carboxylic acids is 2. The molecule has 0 aromatic rings. The first-order chi connectivity index (χ1) is 10.2. The molecule has 2 atom stereocenters. The van der Waals surface area contributed by atoms with E-state index in [1.54, 1.807) is 20.8 Å². The van der Waals surface area contributed by atoms with E-state index in [0.29, 0.717) is 0 Å². The molecule has 1 N–H and O–H groups in total. The summed E-state index contributed by atoms with van der Waals surface area (Å²) in [5.74, 6) is -1.56. The Morgan fingerprint density at radius 3 is 1.91 bits per heavy atom. The van der Waals surface area contributed by atoms with Crippen molar-refractivity contribution in [1.29, 1.82) is 0 Å². The molecule has 0 saturated carbocycles. The first kappa shape index (κ1) is 25.2. The van der Waals surface area contributed by atoms with Crippen LogP contribution in [0.25, 0.3) is 0 Å². The Kier molecular flexibility index (Phi) is 14.5. The molecule has 0 heterocycles. The second-order valence-corrected chi connectivity index (χ2v) is 7.44. The summed E-state index contributed by atoms with van der Waals surface area (Å²) in [5, 5.41) is 13.8. The molecule has 0 aliphatic carbocycles. The third kappa shape index (κ3) is 12.0. The molecule has 130 valence electrons. The molecule has 0 aromatic carbocycles. The van der Waals surface area contributed by atoms with E-state index in [0.717, 1.165) is 19.3 Å². The van der Waals surface area contributed by atoms with Crippen molar-refractivity contribution in [2.45, 2.75) is 92.0 Å². The number of carbonyl (C=O) groups is 2. The molecule has 1 unspecified atom stereocenters. The molecule has 0 radical (unpaired) electrons. The number of rotatable bonds is 11. The second kappa shape index (κ2) is 13.3. The van der Waals surface area contributed by atoms with Gasteiger partial charge in [0.15, 0.2) is 0 Å². The van der Waals surface area contributed by atoms with Gasteiger partial charge in [0.25, 0.3) is 0 Å². The van der Waals surface area contributed by atoms with Gasteiger partial charge < -0.3 is 15.2 Å². The van der Waals surface area contributed by atoms with E-state index >= 15 is 0 Å². The van der Waals surface area contributed by atoms with Crippen molar-refractivity contribution in [2.24, 2.45) is 11.3 Å². The minimum Gasteiger partial charge on any atom is -0.548 e. The van der Waals surface area contributed by atoms with Gasteiger partial charge in [0, 0.05) is 5.92 Å². The molecule has 1 amide bonds. The van der Waals surface area contributed by atoms with E-state index in [1.165, 1.54) is 32.1 Å². The number of nitrogens with one attached hydrogen (secondary N) is 1. The predicted molar refractivity (Wildman–Crippen MR) is 88.2 cm³/mol. The van der Waals surface area contributed by atoms with Gasteiger partial charge in [-0.3, -0.25) is 4.79 Å². The van der Waals surface area contributed by atoms with Crippen molar-refractivity contribution in [3.05, 3.63) is 0 Å². The quantitative estimate of drug-likeness (QED) is 0.428. The van der Waals surface area contributed by atoms with Crippen molar-refractivity contribution >= 4 is 11.9 Å². The molecule has 4 nitrogen and oxygen atoms in total. The first-order valence-corrected chi connectivity index (χ1v) is 8.71. The zero-order valence-electron chi connectivity index (χ0n) is 16.0. The van der Waals surface area contributed by atoms with Crippen LogP contribution in [0.1, 0.15) is 86.0 Å². The van der Waals surface area contributed by atoms with Crippen LogP contribution < -0.4 is 40.0 Å². The maximum Gasteiger partial charge on any atom is 1.00 e. The molecule has 0 fully saturated rings. The number of aliphatic carboxylic acids is 1. The van der Waals surface area contributed by atoms with Crippen molar-refractivity contribution in [3.8, 4) is 0 Å². The summed E-state index contributed by atoms with van der Waals surface area (Å²) in [6.45, 7) is 9.43. The standard InChI is InChI=1S/C18H35NO3.Na/c1-6-7-8-9-10-11-12-13-14(2)16(20)19-15(17(21)22)18(3,4)5;/h14-15H,6-13H2,1-5H3,(H,19,20)(H,21,22);/q;+1/p-1/t14?,15-;/m1./s1. The number of carboxylic acid groups (broad SMARTS) is 1. The second-order valence-electron chi connectivity index (χ2n) is 7.44. The summed E-state index contributed by atoms with van der Waals surface area (Å²) in [5.41, 5.74) is -0.548. The zero-order chi connectivity index (χ0) is 17.2. The van der Waals surface area contributed by atoms with Gasteiger partial charge >= 0.3 is 29.6 Å². The maximum atomic E-state index is 12.1. The number of hydrogen-bond acceptors (Lipinski definition) is 3. The van der Waals surface area contributed by atoms with E-state index in [-0.39, 0.29) is 41.4 Å². The van der Waals surface area contributed by atoms with Crippen molar-refractivity contribution < 1.29 is 44.3 Å². The molecule has 23 heavy (non-hydrogen) atoms. The summed E-state index contributed by atoms with van der Waals surface area (Å²) < 4.78 is 0. The summed E-state index contributed by atoms with van der Waals surface area (Å²) >= 11 is 0. The van der Waals surface area contributed by atoms with Gasteiger partial charge in [-0.05, 0) is 11.8 Å². The Morgan fingerprint density at radius 2 is 1.48 bits per heavy atom. The summed E-state index contributed by atoms with van der Waals surface area (Å²) in [4.78, 5) is 23.3. The Hall–Kier alpha value is -0.0600. The SMILES string of the molecule is CCCCCCCCCC(C)C(=O)N[C@H](C(=O)[O-])C(C)(C)C.[Na+]. The number of amides is 1. The van der Waals surface area contributed by atoms with Crippen LogP contribution in [0.15, 0.2) is 0 Å². The average Bonchev–Trinajstić information content (AvgIpc) is 2.41. The third-order valence-electron chi connectivity index (χ3n) is 4.08. The van der Waals surface area contributed by atoms with Gasteiger partial charge in [0.1, 0.15) is 0 Å². The van der Waals surface area contributed by atoms with Gasteiger partial charge in [-0.2, -0.15) is 0 Å². The fourth-order valence-electron chi connectivity index (χ4n) is 2.45. The number of carboxylic acids is 1. The summed E-state index contributed by atoms with van der Waals surface area (Å²) in [6.07, 6.45) is 9.32. The largest absolute Gasteiger partial charge is 1.00 e. The Balaban J connectivity index is 0. The molecule has 0 aliphatic heterocycles. The van der Waals surface area contributed by atoms with Crippen LogP contribution in [-0.4, -0.2) is 17.9 Å². The fourth-order valence-corrected chi connectivity index (χ4v) is 2.45. The molecule has 0 saturated heterocycles. The molecular weight excluding hydrogens is 301 g/mol. The molecule has 5 heteroatoms. The van der Waals surface area contributed by atoms with Gasteiger partial charge in [-0.25, -0.2) is 0 Å². The predicted octanol–water partition coefficient (Wildman–Crippen LogP) is 0.0480. The van der Waals surface area contributed by atoms with E-state index in [2.05, 4.69) is 12.2 Å². The Morgan fingerprint density at radius 1 is 1.00 bits per heavy atom. The van der Waals surface area contributed by atoms with E-state index in [1.807, 2.05) is 6.92 Å². The fraction of sp³-hybridized carbons (Fsp3) is 0.889. The summed E-state index contributed by atoms with van der Waals surface area (Å²) in [6, 6.07) is -0.948. The normalized spacial score (nSPS) is 13.8. The monoisotopic (exact) mass is 335 g/mol. The smallest absolute Gasteiger partial charge is 0.548 e. The van der Waals surface area contributed by atoms with Crippen LogP contribution in [0, 0.1) is 11.3 Å². The number of hydrogen-bond donors (Lipinski definition) is 1. The van der Waals surface area contributed by atoms with Crippen LogP contribution in [0.5, 0.6) is 0 Å². The van der Waals surface area contributed by atoms with Gasteiger partial charge in [0.05, 0.1) is 12.0 Å². The molecule has 0 aromatic heterocycles. The van der Waals surface area contributed by atoms with Crippen molar-refractivity contribution in [3.63, 3.8) is 0 Å². The minimum absolute atomic E-state index is 0. The maximum absolute atomic E-state index is 12.1. The van der Waals surface area contributed by atoms with E-state index < -0.39 is 17.4 Å². The van der Waals surface area contributed by atoms with Gasteiger partial charge in [-0.15, -0.1) is 0 Å². The van der Waals surface area contributed by atoms with Crippen molar-refractivity contribution in [2.75, 3.05) is 0 Å². The van der Waals surface area contributed by atoms with Gasteiger partial charge in [0.2, 0.25) is 5.91 Å². The minimum atomic E-state index is -1.22. The van der Waals surface area contributed by atoms with E-state index in [9.17, 15) is 14.7 Å². The van der Waals surface area contributed by atoms with Crippen molar-refractivity contribution in [1.82, 2.24) is 5.32 Å². The van der Waals surface area contributed by atoms with Crippen LogP contribution in [0.3, 0.4) is 0 Å². The van der Waals surface area contributed by atoms with Gasteiger partial charge in [-0.1, -0.05) is 79.6 Å². The molecule has 0 rings (SSSR count). The Bertz CT molecular complexity index is 340. The van der Waals surface area contributed by atoms with Crippen LogP contribution in [-0.2, 0) is 9.59 Å².